The van der Waals surface area contributed by atoms with Gasteiger partial charge in [-0.25, -0.2) is 9.78 Å². The maximum Gasteiger partial charge on any atom is 0.407 e. The van der Waals surface area contributed by atoms with E-state index >= 15 is 0 Å². The van der Waals surface area contributed by atoms with Crippen molar-refractivity contribution in [3.05, 3.63) is 11.6 Å². The van der Waals surface area contributed by atoms with E-state index in [9.17, 15) is 9.59 Å². The number of anilines is 1. The Bertz CT molecular complexity index is 454. The molecule has 0 unspecified atom stereocenters. The average molecular weight is 269 g/mol. The lowest BCUT2D eigenvalue weighted by atomic mass is 10.1. The molecule has 7 nitrogen and oxygen atoms in total. The number of hydrogen-bond acceptors (Lipinski definition) is 5. The Balaban J connectivity index is 2.80. The molecule has 1 aromatic rings. The highest BCUT2D eigenvalue weighted by atomic mass is 16.5. The summed E-state index contributed by atoms with van der Waals surface area (Å²) < 4.78 is 9.86. The van der Waals surface area contributed by atoms with Crippen LogP contribution in [0.25, 0.3) is 0 Å². The number of carbonyl (C=O) groups is 2. The van der Waals surface area contributed by atoms with E-state index in [1.165, 1.54) is 14.0 Å². The van der Waals surface area contributed by atoms with Crippen molar-refractivity contribution >= 4 is 17.9 Å². The zero-order chi connectivity index (χ0) is 14.4. The van der Waals surface area contributed by atoms with E-state index in [2.05, 4.69) is 20.4 Å². The molecule has 2 amide bonds. The minimum absolute atomic E-state index is 0.108. The molecule has 0 aromatic carbocycles. The Labute approximate surface area is 111 Å². The number of methoxy groups -OCH3 is 1. The van der Waals surface area contributed by atoms with Crippen molar-refractivity contribution in [1.29, 1.82) is 0 Å². The summed E-state index contributed by atoms with van der Waals surface area (Å²) in [6.45, 7) is 5.59. The highest BCUT2D eigenvalue weighted by Gasteiger charge is 2.16. The standard InChI is InChI=1S/C12H19N3O4/c1-7(2)5-9-11(14-8(3)16)19-10(15-9)6-13-12(17)18-4/h7H,5-6H2,1-4H3,(H,13,17)(H,14,16). The van der Waals surface area contributed by atoms with E-state index in [4.69, 9.17) is 4.42 Å². The van der Waals surface area contributed by atoms with E-state index in [-0.39, 0.29) is 12.5 Å². The van der Waals surface area contributed by atoms with E-state index < -0.39 is 6.09 Å². The van der Waals surface area contributed by atoms with Gasteiger partial charge in [-0.3, -0.25) is 10.1 Å². The molecule has 0 spiro atoms. The molecule has 2 N–H and O–H groups in total. The van der Waals surface area contributed by atoms with Gasteiger partial charge in [0.15, 0.2) is 0 Å². The maximum atomic E-state index is 11.1. The van der Waals surface area contributed by atoms with Crippen molar-refractivity contribution in [2.75, 3.05) is 12.4 Å². The predicted molar refractivity (Wildman–Crippen MR) is 68.6 cm³/mol. The smallest absolute Gasteiger partial charge is 0.407 e. The van der Waals surface area contributed by atoms with Crippen LogP contribution in [0.1, 0.15) is 32.4 Å². The molecule has 0 bridgehead atoms. The van der Waals surface area contributed by atoms with Crippen LogP contribution in [0.3, 0.4) is 0 Å². The molecular formula is C12H19N3O4. The second-order valence-electron chi connectivity index (χ2n) is 4.51. The molecule has 0 saturated heterocycles. The highest BCUT2D eigenvalue weighted by Crippen LogP contribution is 2.20. The molecule has 1 aromatic heterocycles. The summed E-state index contributed by atoms with van der Waals surface area (Å²) in [6.07, 6.45) is 0.113. The molecule has 0 saturated carbocycles. The first-order chi connectivity index (χ1) is 8.92. The summed E-state index contributed by atoms with van der Waals surface area (Å²) in [5.74, 6) is 0.806. The van der Waals surface area contributed by atoms with E-state index in [0.29, 0.717) is 29.8 Å². The number of amides is 2. The van der Waals surface area contributed by atoms with Gasteiger partial charge in [0.2, 0.25) is 17.7 Å². The normalized spacial score (nSPS) is 10.4. The summed E-state index contributed by atoms with van der Waals surface area (Å²) in [4.78, 5) is 26.3. The maximum absolute atomic E-state index is 11.1. The molecule has 0 radical (unpaired) electrons. The molecule has 106 valence electrons. The first-order valence-electron chi connectivity index (χ1n) is 6.00. The van der Waals surface area contributed by atoms with E-state index in [1.54, 1.807) is 0 Å². The summed E-state index contributed by atoms with van der Waals surface area (Å²) in [7, 11) is 1.28. The second-order valence-corrected chi connectivity index (χ2v) is 4.51. The van der Waals surface area contributed by atoms with Crippen LogP contribution in [0.15, 0.2) is 4.42 Å². The molecular weight excluding hydrogens is 250 g/mol. The molecule has 7 heteroatoms. The number of alkyl carbamates (subject to hydrolysis) is 1. The van der Waals surface area contributed by atoms with Crippen LogP contribution < -0.4 is 10.6 Å². The van der Waals surface area contributed by atoms with Gasteiger partial charge in [0.25, 0.3) is 0 Å². The van der Waals surface area contributed by atoms with Gasteiger partial charge in [0, 0.05) is 6.92 Å². The molecule has 0 aliphatic rings. The lowest BCUT2D eigenvalue weighted by Crippen LogP contribution is -2.22. The van der Waals surface area contributed by atoms with Gasteiger partial charge in [-0.05, 0) is 12.3 Å². The number of hydrogen-bond donors (Lipinski definition) is 2. The van der Waals surface area contributed by atoms with Crippen molar-refractivity contribution in [2.24, 2.45) is 5.92 Å². The minimum atomic E-state index is -0.565. The van der Waals surface area contributed by atoms with Crippen molar-refractivity contribution in [3.8, 4) is 0 Å². The number of aromatic nitrogens is 1. The van der Waals surface area contributed by atoms with Crippen LogP contribution >= 0.6 is 0 Å². The number of rotatable bonds is 5. The van der Waals surface area contributed by atoms with Gasteiger partial charge in [0.05, 0.1) is 13.7 Å². The molecule has 0 atom stereocenters. The Morgan fingerprint density at radius 3 is 2.63 bits per heavy atom. The fourth-order valence-electron chi connectivity index (χ4n) is 1.48. The van der Waals surface area contributed by atoms with Crippen LogP contribution in [-0.4, -0.2) is 24.1 Å². The van der Waals surface area contributed by atoms with Crippen LogP contribution in [0.5, 0.6) is 0 Å². The predicted octanol–water partition coefficient (Wildman–Crippen LogP) is 1.69. The van der Waals surface area contributed by atoms with Crippen LogP contribution in [0.2, 0.25) is 0 Å². The molecule has 19 heavy (non-hydrogen) atoms. The zero-order valence-electron chi connectivity index (χ0n) is 11.6. The van der Waals surface area contributed by atoms with Crippen molar-refractivity contribution < 1.29 is 18.7 Å². The second kappa shape index (κ2) is 6.77. The number of carbonyl (C=O) groups excluding carboxylic acids is 2. The largest absolute Gasteiger partial charge is 0.453 e. The Morgan fingerprint density at radius 2 is 2.11 bits per heavy atom. The van der Waals surface area contributed by atoms with Crippen molar-refractivity contribution in [2.45, 2.75) is 33.7 Å². The SMILES string of the molecule is COC(=O)NCc1nc(CC(C)C)c(NC(C)=O)o1. The third-order valence-corrected chi connectivity index (χ3v) is 2.20. The monoisotopic (exact) mass is 269 g/mol. The molecule has 1 heterocycles. The van der Waals surface area contributed by atoms with Crippen molar-refractivity contribution in [3.63, 3.8) is 0 Å². The topological polar surface area (TPSA) is 93.5 Å². The highest BCUT2D eigenvalue weighted by molar-refractivity contribution is 5.87. The fraction of sp³-hybridized carbons (Fsp3) is 0.583. The van der Waals surface area contributed by atoms with Crippen LogP contribution in [-0.2, 0) is 22.5 Å². The third-order valence-electron chi connectivity index (χ3n) is 2.20. The van der Waals surface area contributed by atoms with Gasteiger partial charge >= 0.3 is 6.09 Å². The molecule has 0 aliphatic heterocycles. The molecule has 0 aliphatic carbocycles. The van der Waals surface area contributed by atoms with Crippen LogP contribution in [0, 0.1) is 5.92 Å². The number of nitrogens with zero attached hydrogens (tertiary/aromatic N) is 1. The molecule has 1 rings (SSSR count). The summed E-state index contributed by atoms with van der Waals surface area (Å²) >= 11 is 0. The average Bonchev–Trinajstić information content (AvgIpc) is 2.66. The summed E-state index contributed by atoms with van der Waals surface area (Å²) in [5, 5.41) is 5.05. The lowest BCUT2D eigenvalue weighted by Gasteiger charge is -2.03. The first kappa shape index (κ1) is 15.0. The van der Waals surface area contributed by atoms with E-state index in [1.807, 2.05) is 13.8 Å². The third kappa shape index (κ3) is 4.99. The fourth-order valence-corrected chi connectivity index (χ4v) is 1.48. The van der Waals surface area contributed by atoms with Gasteiger partial charge < -0.3 is 14.5 Å². The van der Waals surface area contributed by atoms with Crippen LogP contribution in [0.4, 0.5) is 10.7 Å². The number of ether oxygens (including phenoxy) is 1. The molecule has 0 fully saturated rings. The van der Waals surface area contributed by atoms with Gasteiger partial charge in [-0.2, -0.15) is 0 Å². The zero-order valence-corrected chi connectivity index (χ0v) is 11.6. The Hall–Kier alpha value is -2.05. The minimum Gasteiger partial charge on any atom is -0.453 e. The van der Waals surface area contributed by atoms with E-state index in [0.717, 1.165) is 0 Å². The van der Waals surface area contributed by atoms with Crippen molar-refractivity contribution in [1.82, 2.24) is 10.3 Å². The quantitative estimate of drug-likeness (QED) is 0.848. The summed E-state index contributed by atoms with van der Waals surface area (Å²) in [5.41, 5.74) is 0.673. The lowest BCUT2D eigenvalue weighted by molar-refractivity contribution is -0.114. The van der Waals surface area contributed by atoms with Gasteiger partial charge in [0.1, 0.15) is 5.69 Å². The first-order valence-corrected chi connectivity index (χ1v) is 6.00. The number of oxazole rings is 1. The number of nitrogens with one attached hydrogen (secondary N) is 2. The van der Waals surface area contributed by atoms with Gasteiger partial charge in [-0.15, -0.1) is 0 Å². The Morgan fingerprint density at radius 1 is 1.42 bits per heavy atom. The Kier molecular flexibility index (Phi) is 5.35. The van der Waals surface area contributed by atoms with Gasteiger partial charge in [-0.1, -0.05) is 13.8 Å². The summed E-state index contributed by atoms with van der Waals surface area (Å²) in [6, 6.07) is 0.